The van der Waals surface area contributed by atoms with Gasteiger partial charge in [0.05, 0.1) is 15.7 Å². The van der Waals surface area contributed by atoms with Crippen molar-refractivity contribution in [2.45, 2.75) is 6.54 Å². The summed E-state index contributed by atoms with van der Waals surface area (Å²) in [4.78, 5) is 15.5. The van der Waals surface area contributed by atoms with Crippen LogP contribution in [0.2, 0.25) is 10.0 Å². The highest BCUT2D eigenvalue weighted by Gasteiger charge is 2.12. The van der Waals surface area contributed by atoms with Gasteiger partial charge in [0, 0.05) is 5.69 Å². The summed E-state index contributed by atoms with van der Waals surface area (Å²) in [6.45, 7) is -0.119. The fourth-order valence-electron chi connectivity index (χ4n) is 1.46. The van der Waals surface area contributed by atoms with Crippen LogP contribution in [0, 0.1) is 11.3 Å². The lowest BCUT2D eigenvalue weighted by molar-refractivity contribution is -0.116. The number of rotatable bonds is 3. The van der Waals surface area contributed by atoms with Gasteiger partial charge in [0.1, 0.15) is 18.9 Å². The lowest BCUT2D eigenvalue weighted by Gasteiger charge is -2.10. The first-order chi connectivity index (χ1) is 9.49. The third kappa shape index (κ3) is 3.17. The number of amides is 1. The third-order valence-electron chi connectivity index (χ3n) is 2.27. The summed E-state index contributed by atoms with van der Waals surface area (Å²) < 4.78 is 1.23. The molecular formula is C11H8Cl2N6O. The van der Waals surface area contributed by atoms with Crippen molar-refractivity contribution < 1.29 is 4.79 Å². The van der Waals surface area contributed by atoms with Crippen LogP contribution in [-0.2, 0) is 11.3 Å². The van der Waals surface area contributed by atoms with E-state index in [4.69, 9.17) is 34.2 Å². The van der Waals surface area contributed by atoms with Crippen molar-refractivity contribution in [3.05, 3.63) is 34.3 Å². The molecule has 0 fully saturated rings. The molecule has 0 saturated carbocycles. The zero-order valence-electron chi connectivity index (χ0n) is 9.97. The molecule has 2 aromatic rings. The van der Waals surface area contributed by atoms with Gasteiger partial charge < -0.3 is 11.1 Å². The minimum Gasteiger partial charge on any atom is -0.399 e. The number of hydrogen-bond donors (Lipinski definition) is 2. The van der Waals surface area contributed by atoms with E-state index in [0.29, 0.717) is 5.69 Å². The van der Waals surface area contributed by atoms with Gasteiger partial charge in [-0.25, -0.2) is 9.67 Å². The normalized spacial score (nSPS) is 10.1. The highest BCUT2D eigenvalue weighted by Crippen LogP contribution is 2.32. The van der Waals surface area contributed by atoms with E-state index in [-0.39, 0.29) is 28.1 Å². The number of nitrogens with one attached hydrogen (secondary N) is 1. The van der Waals surface area contributed by atoms with E-state index in [2.05, 4.69) is 15.4 Å². The molecule has 0 unspecified atom stereocenters. The van der Waals surface area contributed by atoms with E-state index >= 15 is 0 Å². The topological polar surface area (TPSA) is 110 Å². The number of nitrogen functional groups attached to an aromatic ring is 1. The summed E-state index contributed by atoms with van der Waals surface area (Å²) in [6, 6.07) is 4.72. The van der Waals surface area contributed by atoms with Gasteiger partial charge in [0.15, 0.2) is 0 Å². The molecule has 0 aliphatic rings. The van der Waals surface area contributed by atoms with E-state index in [1.165, 1.54) is 23.1 Å². The Morgan fingerprint density at radius 3 is 2.65 bits per heavy atom. The molecule has 0 radical (unpaired) electrons. The molecule has 1 amide bonds. The molecule has 7 nitrogen and oxygen atoms in total. The minimum atomic E-state index is -0.409. The van der Waals surface area contributed by atoms with E-state index in [0.717, 1.165) is 0 Å². The number of benzene rings is 1. The Labute approximate surface area is 123 Å². The Balaban J connectivity index is 2.11. The number of nitrogens with zero attached hydrogens (tertiary/aromatic N) is 4. The molecule has 9 heteroatoms. The van der Waals surface area contributed by atoms with Gasteiger partial charge in [-0.3, -0.25) is 4.79 Å². The van der Waals surface area contributed by atoms with Gasteiger partial charge in [-0.2, -0.15) is 5.26 Å². The Morgan fingerprint density at radius 2 is 2.10 bits per heavy atom. The van der Waals surface area contributed by atoms with Gasteiger partial charge in [-0.15, -0.1) is 5.10 Å². The van der Waals surface area contributed by atoms with Crippen molar-refractivity contribution in [2.24, 2.45) is 0 Å². The number of carbonyl (C=O) groups is 1. The van der Waals surface area contributed by atoms with Crippen molar-refractivity contribution in [3.8, 4) is 6.07 Å². The first-order valence-electron chi connectivity index (χ1n) is 5.33. The summed E-state index contributed by atoms with van der Waals surface area (Å²) in [7, 11) is 0. The second-order valence-corrected chi connectivity index (χ2v) is 4.60. The maximum Gasteiger partial charge on any atom is 0.252 e. The zero-order chi connectivity index (χ0) is 14.7. The van der Waals surface area contributed by atoms with Crippen LogP contribution in [-0.4, -0.2) is 20.7 Å². The molecule has 0 atom stereocenters. The summed E-state index contributed by atoms with van der Waals surface area (Å²) >= 11 is 11.9. The average molecular weight is 311 g/mol. The van der Waals surface area contributed by atoms with Gasteiger partial charge >= 0.3 is 0 Å². The van der Waals surface area contributed by atoms with Crippen LogP contribution in [0.1, 0.15) is 5.82 Å². The maximum atomic E-state index is 11.8. The Bertz CT molecular complexity index is 682. The maximum absolute atomic E-state index is 11.8. The molecular weight excluding hydrogens is 303 g/mol. The van der Waals surface area contributed by atoms with Crippen LogP contribution < -0.4 is 11.1 Å². The number of hydrogen-bond acceptors (Lipinski definition) is 5. The molecule has 3 N–H and O–H groups in total. The number of carbonyl (C=O) groups excluding carboxylic acids is 1. The van der Waals surface area contributed by atoms with Gasteiger partial charge in [-0.05, 0) is 12.1 Å². The quantitative estimate of drug-likeness (QED) is 0.838. The predicted molar refractivity (Wildman–Crippen MR) is 74.2 cm³/mol. The second kappa shape index (κ2) is 5.77. The Hall–Kier alpha value is -2.30. The Morgan fingerprint density at radius 1 is 1.45 bits per heavy atom. The average Bonchev–Trinajstić information content (AvgIpc) is 2.81. The molecule has 0 spiro atoms. The van der Waals surface area contributed by atoms with Crippen LogP contribution in [0.4, 0.5) is 11.4 Å². The second-order valence-electron chi connectivity index (χ2n) is 3.79. The summed E-state index contributed by atoms with van der Waals surface area (Å²) in [6.07, 6.45) is 1.28. The third-order valence-corrected chi connectivity index (χ3v) is 2.87. The monoisotopic (exact) mass is 310 g/mol. The standard InChI is InChI=1S/C11H8Cl2N6O/c12-7-1-6(15)2-8(13)11(7)17-10(20)4-19-5-16-9(3-14)18-19/h1-2,5H,4,15H2,(H,17,20). The van der Waals surface area contributed by atoms with E-state index in [1.807, 2.05) is 0 Å². The van der Waals surface area contributed by atoms with Gasteiger partial charge in [0.25, 0.3) is 5.82 Å². The highest BCUT2D eigenvalue weighted by molar-refractivity contribution is 6.40. The van der Waals surface area contributed by atoms with Crippen LogP contribution in [0.15, 0.2) is 18.5 Å². The fourth-order valence-corrected chi connectivity index (χ4v) is 2.06. The zero-order valence-corrected chi connectivity index (χ0v) is 11.5. The highest BCUT2D eigenvalue weighted by atomic mass is 35.5. The smallest absolute Gasteiger partial charge is 0.252 e. The summed E-state index contributed by atoms with van der Waals surface area (Å²) in [5.74, 6) is -0.422. The molecule has 1 aromatic heterocycles. The first-order valence-corrected chi connectivity index (χ1v) is 6.09. The number of nitriles is 1. The number of aromatic nitrogens is 3. The van der Waals surface area contributed by atoms with Crippen LogP contribution in [0.5, 0.6) is 0 Å². The van der Waals surface area contributed by atoms with Crippen LogP contribution in [0.25, 0.3) is 0 Å². The largest absolute Gasteiger partial charge is 0.399 e. The fraction of sp³-hybridized carbons (Fsp3) is 0.0909. The van der Waals surface area contributed by atoms with Crippen molar-refractivity contribution in [3.63, 3.8) is 0 Å². The van der Waals surface area contributed by atoms with Gasteiger partial charge in [0.2, 0.25) is 5.91 Å². The van der Waals surface area contributed by atoms with Crippen molar-refractivity contribution in [2.75, 3.05) is 11.1 Å². The molecule has 102 valence electrons. The van der Waals surface area contributed by atoms with Gasteiger partial charge in [-0.1, -0.05) is 23.2 Å². The Kier molecular flexibility index (Phi) is 4.08. The van der Waals surface area contributed by atoms with E-state index < -0.39 is 5.91 Å². The molecule has 1 aromatic carbocycles. The predicted octanol–water partition coefficient (Wildman–Crippen LogP) is 1.68. The summed E-state index contributed by atoms with van der Waals surface area (Å²) in [5, 5.41) is 15.4. The number of anilines is 2. The lowest BCUT2D eigenvalue weighted by Crippen LogP contribution is -2.19. The summed E-state index contributed by atoms with van der Waals surface area (Å²) in [5.41, 5.74) is 6.23. The SMILES string of the molecule is N#Cc1ncn(CC(=O)Nc2c(Cl)cc(N)cc2Cl)n1. The van der Waals surface area contributed by atoms with Crippen LogP contribution >= 0.6 is 23.2 Å². The first kappa shape index (κ1) is 14.1. The molecule has 1 heterocycles. The van der Waals surface area contributed by atoms with Crippen molar-refractivity contribution >= 4 is 40.5 Å². The van der Waals surface area contributed by atoms with Crippen LogP contribution in [0.3, 0.4) is 0 Å². The molecule has 0 aliphatic heterocycles. The molecule has 0 saturated heterocycles. The van der Waals surface area contributed by atoms with Crippen molar-refractivity contribution in [1.29, 1.82) is 5.26 Å². The number of halogens is 2. The molecule has 20 heavy (non-hydrogen) atoms. The van der Waals surface area contributed by atoms with E-state index in [1.54, 1.807) is 6.07 Å². The lowest BCUT2D eigenvalue weighted by atomic mass is 10.3. The molecule has 0 aliphatic carbocycles. The number of nitrogens with two attached hydrogens (primary N) is 1. The van der Waals surface area contributed by atoms with E-state index in [9.17, 15) is 4.79 Å². The van der Waals surface area contributed by atoms with Crippen molar-refractivity contribution in [1.82, 2.24) is 14.8 Å². The molecule has 2 rings (SSSR count). The molecule has 0 bridgehead atoms. The minimum absolute atomic E-state index is 0.0126.